The number of carbonyl (C=O) groups is 1. The smallest absolute Gasteiger partial charge is 0.239 e. The van der Waals surface area contributed by atoms with Gasteiger partial charge in [0, 0.05) is 18.6 Å². The highest BCUT2D eigenvalue weighted by molar-refractivity contribution is 6.30. The predicted octanol–water partition coefficient (Wildman–Crippen LogP) is 3.15. The lowest BCUT2D eigenvalue weighted by molar-refractivity contribution is -0.131. The molecule has 2 rings (SSSR count). The number of amides is 1. The van der Waals surface area contributed by atoms with Crippen LogP contribution in [0.4, 0.5) is 0 Å². The maximum absolute atomic E-state index is 12.4. The number of nitrogens with two attached hydrogens (primary N) is 1. The molecular formula is C20H25ClN2O3. The van der Waals surface area contributed by atoms with Gasteiger partial charge in [0.05, 0.1) is 19.8 Å². The van der Waals surface area contributed by atoms with Crippen LogP contribution in [0.15, 0.2) is 48.5 Å². The number of halogens is 1. The molecule has 5 nitrogen and oxygen atoms in total. The highest BCUT2D eigenvalue weighted by Gasteiger charge is 2.18. The summed E-state index contributed by atoms with van der Waals surface area (Å²) in [5, 5.41) is 0.675. The topological polar surface area (TPSA) is 64.8 Å². The quantitative estimate of drug-likeness (QED) is 0.683. The highest BCUT2D eigenvalue weighted by Crippen LogP contribution is 2.16. The second-order valence-electron chi connectivity index (χ2n) is 6.07. The molecule has 0 unspecified atom stereocenters. The van der Waals surface area contributed by atoms with Crippen molar-refractivity contribution in [2.45, 2.75) is 18.9 Å². The minimum Gasteiger partial charge on any atom is -0.497 e. The van der Waals surface area contributed by atoms with Gasteiger partial charge in [-0.2, -0.15) is 0 Å². The van der Waals surface area contributed by atoms with Gasteiger partial charge in [0.15, 0.2) is 0 Å². The van der Waals surface area contributed by atoms with E-state index in [-0.39, 0.29) is 5.91 Å². The molecule has 0 aromatic heterocycles. The van der Waals surface area contributed by atoms with Gasteiger partial charge in [0.1, 0.15) is 11.5 Å². The van der Waals surface area contributed by atoms with E-state index in [4.69, 9.17) is 26.8 Å². The molecule has 26 heavy (non-hydrogen) atoms. The second kappa shape index (κ2) is 10.0. The molecule has 1 amide bonds. The van der Waals surface area contributed by atoms with Gasteiger partial charge in [-0.15, -0.1) is 0 Å². The molecule has 0 aliphatic heterocycles. The molecule has 0 fully saturated rings. The van der Waals surface area contributed by atoms with E-state index in [0.29, 0.717) is 24.6 Å². The predicted molar refractivity (Wildman–Crippen MR) is 104 cm³/mol. The molecule has 140 valence electrons. The SMILES string of the molecule is COc1ccc(C[C@H](N)C(=O)N(C)CCCOc2ccc(Cl)cc2)cc1. The molecule has 0 saturated carbocycles. The Kier molecular flexibility index (Phi) is 7.75. The summed E-state index contributed by atoms with van der Waals surface area (Å²) in [6, 6.07) is 14.2. The van der Waals surface area contributed by atoms with Gasteiger partial charge < -0.3 is 20.1 Å². The molecule has 1 atom stereocenters. The van der Waals surface area contributed by atoms with Gasteiger partial charge in [-0.3, -0.25) is 4.79 Å². The molecule has 0 radical (unpaired) electrons. The number of likely N-dealkylation sites (N-methyl/N-ethyl adjacent to an activating group) is 1. The Morgan fingerprint density at radius 2 is 1.73 bits per heavy atom. The van der Waals surface area contributed by atoms with Crippen LogP contribution in [0, 0.1) is 0 Å². The third-order valence-electron chi connectivity index (χ3n) is 4.03. The van der Waals surface area contributed by atoms with Gasteiger partial charge in [-0.05, 0) is 54.8 Å². The normalized spacial score (nSPS) is 11.7. The standard InChI is InChI=1S/C20H25ClN2O3/c1-23(12-3-13-26-18-10-6-16(21)7-11-18)20(24)19(22)14-15-4-8-17(25-2)9-5-15/h4-11,19H,3,12-14,22H2,1-2H3/t19-/m0/s1. The fourth-order valence-electron chi connectivity index (χ4n) is 2.52. The molecule has 2 N–H and O–H groups in total. The van der Waals surface area contributed by atoms with Crippen molar-refractivity contribution in [1.29, 1.82) is 0 Å². The molecule has 0 aliphatic rings. The summed E-state index contributed by atoms with van der Waals surface area (Å²) in [6.07, 6.45) is 1.22. The van der Waals surface area contributed by atoms with Crippen LogP contribution >= 0.6 is 11.6 Å². The van der Waals surface area contributed by atoms with Crippen LogP contribution in [0.1, 0.15) is 12.0 Å². The van der Waals surface area contributed by atoms with Gasteiger partial charge in [0.2, 0.25) is 5.91 Å². The average molecular weight is 377 g/mol. The van der Waals surface area contributed by atoms with Crippen LogP contribution in [-0.2, 0) is 11.2 Å². The van der Waals surface area contributed by atoms with Crippen molar-refractivity contribution in [3.63, 3.8) is 0 Å². The van der Waals surface area contributed by atoms with Crippen LogP contribution in [0.3, 0.4) is 0 Å². The van der Waals surface area contributed by atoms with Crippen molar-refractivity contribution < 1.29 is 14.3 Å². The Labute approximate surface area is 159 Å². The maximum Gasteiger partial charge on any atom is 0.239 e. The lowest BCUT2D eigenvalue weighted by Crippen LogP contribution is -2.43. The van der Waals surface area contributed by atoms with E-state index in [2.05, 4.69) is 0 Å². The maximum atomic E-state index is 12.4. The zero-order valence-corrected chi connectivity index (χ0v) is 15.9. The Hall–Kier alpha value is -2.24. The number of rotatable bonds is 9. The summed E-state index contributed by atoms with van der Waals surface area (Å²) in [4.78, 5) is 14.0. The minimum atomic E-state index is -0.564. The number of methoxy groups -OCH3 is 1. The van der Waals surface area contributed by atoms with Crippen LogP contribution in [0.25, 0.3) is 0 Å². The fourth-order valence-corrected chi connectivity index (χ4v) is 2.64. The molecule has 0 aliphatic carbocycles. The van der Waals surface area contributed by atoms with Gasteiger partial charge in [-0.1, -0.05) is 23.7 Å². The Morgan fingerprint density at radius 1 is 1.12 bits per heavy atom. The Morgan fingerprint density at radius 3 is 2.35 bits per heavy atom. The van der Waals surface area contributed by atoms with Gasteiger partial charge >= 0.3 is 0 Å². The van der Waals surface area contributed by atoms with Crippen LogP contribution < -0.4 is 15.2 Å². The molecule has 6 heteroatoms. The van der Waals surface area contributed by atoms with Gasteiger partial charge in [0.25, 0.3) is 0 Å². The Bertz CT molecular complexity index is 689. The van der Waals surface area contributed by atoms with E-state index in [9.17, 15) is 4.79 Å². The molecule has 0 bridgehead atoms. The summed E-state index contributed by atoms with van der Waals surface area (Å²) in [5.41, 5.74) is 7.07. The Balaban J connectivity index is 1.72. The molecule has 2 aromatic carbocycles. The number of hydrogen-bond acceptors (Lipinski definition) is 4. The summed E-state index contributed by atoms with van der Waals surface area (Å²) in [5.74, 6) is 1.47. The first-order valence-corrected chi connectivity index (χ1v) is 8.89. The van der Waals surface area contributed by atoms with Crippen molar-refractivity contribution in [3.8, 4) is 11.5 Å². The second-order valence-corrected chi connectivity index (χ2v) is 6.51. The lowest BCUT2D eigenvalue weighted by Gasteiger charge is -2.21. The van der Waals surface area contributed by atoms with E-state index in [1.54, 1.807) is 31.2 Å². The number of benzene rings is 2. The third-order valence-corrected chi connectivity index (χ3v) is 4.28. The molecule has 0 spiro atoms. The summed E-state index contributed by atoms with van der Waals surface area (Å²) in [6.45, 7) is 1.11. The fraction of sp³-hybridized carbons (Fsp3) is 0.350. The summed E-state index contributed by atoms with van der Waals surface area (Å²) in [7, 11) is 3.38. The van der Waals surface area contributed by atoms with E-state index in [1.165, 1.54) is 0 Å². The van der Waals surface area contributed by atoms with E-state index in [0.717, 1.165) is 23.5 Å². The molecule has 2 aromatic rings. The zero-order chi connectivity index (χ0) is 18.9. The number of hydrogen-bond donors (Lipinski definition) is 1. The van der Waals surface area contributed by atoms with Crippen molar-refractivity contribution in [2.75, 3.05) is 27.3 Å². The number of nitrogens with zero attached hydrogens (tertiary/aromatic N) is 1. The van der Waals surface area contributed by atoms with Gasteiger partial charge in [-0.25, -0.2) is 0 Å². The van der Waals surface area contributed by atoms with Crippen molar-refractivity contribution in [1.82, 2.24) is 4.90 Å². The highest BCUT2D eigenvalue weighted by atomic mass is 35.5. The van der Waals surface area contributed by atoms with Crippen LogP contribution in [0.5, 0.6) is 11.5 Å². The third kappa shape index (κ3) is 6.24. The van der Waals surface area contributed by atoms with Crippen molar-refractivity contribution >= 4 is 17.5 Å². The van der Waals surface area contributed by atoms with Crippen LogP contribution in [-0.4, -0.2) is 44.2 Å². The monoisotopic (exact) mass is 376 g/mol. The molecule has 0 saturated heterocycles. The minimum absolute atomic E-state index is 0.0766. The summed E-state index contributed by atoms with van der Waals surface area (Å²) < 4.78 is 10.8. The van der Waals surface area contributed by atoms with E-state index >= 15 is 0 Å². The molecule has 0 heterocycles. The van der Waals surface area contributed by atoms with E-state index in [1.807, 2.05) is 36.4 Å². The lowest BCUT2D eigenvalue weighted by atomic mass is 10.1. The number of ether oxygens (including phenoxy) is 2. The largest absolute Gasteiger partial charge is 0.497 e. The first-order valence-electron chi connectivity index (χ1n) is 8.51. The van der Waals surface area contributed by atoms with Crippen molar-refractivity contribution in [2.24, 2.45) is 5.73 Å². The summed E-state index contributed by atoms with van der Waals surface area (Å²) >= 11 is 5.83. The van der Waals surface area contributed by atoms with Crippen molar-refractivity contribution in [3.05, 3.63) is 59.1 Å². The first-order chi connectivity index (χ1) is 12.5. The zero-order valence-electron chi connectivity index (χ0n) is 15.2. The average Bonchev–Trinajstić information content (AvgIpc) is 2.66. The van der Waals surface area contributed by atoms with Crippen LogP contribution in [0.2, 0.25) is 5.02 Å². The number of carbonyl (C=O) groups excluding carboxylic acids is 1. The van der Waals surface area contributed by atoms with E-state index < -0.39 is 6.04 Å². The molecular weight excluding hydrogens is 352 g/mol. The first kappa shape index (κ1) is 20.1.